The summed E-state index contributed by atoms with van der Waals surface area (Å²) in [7, 11) is 0. The van der Waals surface area contributed by atoms with Crippen molar-refractivity contribution < 1.29 is 28.8 Å². The molecule has 4 amide bonds. The Morgan fingerprint density at radius 2 is 1.29 bits per heavy atom. The fourth-order valence-electron chi connectivity index (χ4n) is 5.40. The molecule has 1 saturated carbocycles. The molecule has 0 bridgehead atoms. The van der Waals surface area contributed by atoms with Crippen LogP contribution in [-0.4, -0.2) is 69.6 Å². The molecule has 4 aliphatic rings. The Balaban J connectivity index is 1.31. The van der Waals surface area contributed by atoms with E-state index in [1.165, 1.54) is 0 Å². The topological polar surface area (TPSA) is 104 Å². The van der Waals surface area contributed by atoms with Crippen molar-refractivity contribution in [1.29, 1.82) is 0 Å². The molecule has 0 unspecified atom stereocenters. The van der Waals surface area contributed by atoms with Gasteiger partial charge in [0.05, 0.1) is 0 Å². The van der Waals surface area contributed by atoms with E-state index >= 15 is 0 Å². The number of hydroxylamine groups is 2. The molecule has 9 nitrogen and oxygen atoms in total. The molecular weight excluding hydrogens is 402 g/mol. The fourth-order valence-corrected chi connectivity index (χ4v) is 5.40. The maximum Gasteiger partial charge on any atom is 0.355 e. The van der Waals surface area contributed by atoms with E-state index in [-0.39, 0.29) is 36.5 Å². The van der Waals surface area contributed by atoms with E-state index in [9.17, 15) is 24.0 Å². The molecule has 0 aromatic rings. The number of likely N-dealkylation sites (tertiary alicyclic amines) is 2. The summed E-state index contributed by atoms with van der Waals surface area (Å²) in [6.07, 6.45) is 5.99. The molecule has 0 aromatic carbocycles. The van der Waals surface area contributed by atoms with Crippen molar-refractivity contribution in [3.05, 3.63) is 0 Å². The summed E-state index contributed by atoms with van der Waals surface area (Å²) in [5.74, 6) is -1.85. The number of carbonyl (C=O) groups is 5. The van der Waals surface area contributed by atoms with Gasteiger partial charge in [-0.05, 0) is 58.3 Å². The van der Waals surface area contributed by atoms with Crippen LogP contribution in [0.5, 0.6) is 0 Å². The average Bonchev–Trinajstić information content (AvgIpc) is 3.50. The van der Waals surface area contributed by atoms with E-state index in [1.54, 1.807) is 4.90 Å². The Labute approximate surface area is 182 Å². The lowest BCUT2D eigenvalue weighted by Crippen LogP contribution is -2.47. The average molecular weight is 434 g/mol. The van der Waals surface area contributed by atoms with Crippen LogP contribution in [0.4, 0.5) is 0 Å². The number of nitrogens with zero attached hydrogens (tertiary/aromatic N) is 3. The second-order valence-electron chi connectivity index (χ2n) is 9.25. The first-order chi connectivity index (χ1) is 14.9. The SMILES string of the molecule is C[C@@H]1CCCN1C(=O)[C@H]1CC[C@H](C(=O)N2CCC[C@H]2C(=O)ON2C(=O)CCC2=O)CC1. The number of carbonyl (C=O) groups excluding carboxylic acids is 5. The first kappa shape index (κ1) is 21.8. The zero-order valence-electron chi connectivity index (χ0n) is 18.1. The summed E-state index contributed by atoms with van der Waals surface area (Å²) in [5.41, 5.74) is 0. The number of hydrogen-bond donors (Lipinski definition) is 0. The molecule has 3 heterocycles. The van der Waals surface area contributed by atoms with Gasteiger partial charge in [-0.15, -0.1) is 5.06 Å². The largest absolute Gasteiger partial charge is 0.355 e. The molecule has 4 fully saturated rings. The van der Waals surface area contributed by atoms with Crippen molar-refractivity contribution in [2.45, 2.75) is 83.2 Å². The minimum atomic E-state index is -0.765. The third-order valence-corrected chi connectivity index (χ3v) is 7.26. The second-order valence-corrected chi connectivity index (χ2v) is 9.25. The minimum absolute atomic E-state index is 0.0175. The van der Waals surface area contributed by atoms with Crippen molar-refractivity contribution in [3.8, 4) is 0 Å². The minimum Gasteiger partial charge on any atom is -0.340 e. The van der Waals surface area contributed by atoms with Gasteiger partial charge in [0.25, 0.3) is 11.8 Å². The quantitative estimate of drug-likeness (QED) is 0.621. The van der Waals surface area contributed by atoms with Gasteiger partial charge in [-0.2, -0.15) is 0 Å². The van der Waals surface area contributed by atoms with Gasteiger partial charge in [-0.1, -0.05) is 0 Å². The highest BCUT2D eigenvalue weighted by molar-refractivity contribution is 6.02. The van der Waals surface area contributed by atoms with Crippen LogP contribution in [0.1, 0.15) is 71.1 Å². The predicted octanol–water partition coefficient (Wildman–Crippen LogP) is 1.40. The fraction of sp³-hybridized carbons (Fsp3) is 0.773. The standard InChI is InChI=1S/C22H31N3O6/c1-14-4-2-12-23(14)20(28)15-6-8-16(9-7-15)21(29)24-13-3-5-17(24)22(30)31-25-18(26)10-11-19(25)27/h14-17H,2-13H2,1H3/t14-,15-,16-,17+/m1/s1. The predicted molar refractivity (Wildman–Crippen MR) is 108 cm³/mol. The Kier molecular flexibility index (Phi) is 6.29. The molecule has 2 atom stereocenters. The van der Waals surface area contributed by atoms with Gasteiger partial charge in [-0.25, -0.2) is 4.79 Å². The highest BCUT2D eigenvalue weighted by atomic mass is 16.7. The van der Waals surface area contributed by atoms with Crippen LogP contribution >= 0.6 is 0 Å². The highest BCUT2D eigenvalue weighted by Crippen LogP contribution is 2.34. The van der Waals surface area contributed by atoms with Crippen molar-refractivity contribution in [2.24, 2.45) is 11.8 Å². The zero-order chi connectivity index (χ0) is 22.1. The van der Waals surface area contributed by atoms with Gasteiger partial charge in [0.1, 0.15) is 6.04 Å². The molecule has 0 spiro atoms. The molecule has 1 aliphatic carbocycles. The van der Waals surface area contributed by atoms with E-state index in [0.717, 1.165) is 19.4 Å². The first-order valence-corrected chi connectivity index (χ1v) is 11.6. The molecule has 3 saturated heterocycles. The highest BCUT2D eigenvalue weighted by Gasteiger charge is 2.43. The number of rotatable bonds is 4. The molecule has 0 aromatic heterocycles. The molecular formula is C22H31N3O6. The lowest BCUT2D eigenvalue weighted by Gasteiger charge is -2.34. The van der Waals surface area contributed by atoms with Crippen LogP contribution in [0.3, 0.4) is 0 Å². The molecule has 0 N–H and O–H groups in total. The third kappa shape index (κ3) is 4.32. The van der Waals surface area contributed by atoms with E-state index in [1.807, 2.05) is 4.90 Å². The van der Waals surface area contributed by atoms with Crippen molar-refractivity contribution >= 4 is 29.6 Å². The monoisotopic (exact) mass is 433 g/mol. The number of hydrogen-bond acceptors (Lipinski definition) is 6. The number of amides is 4. The van der Waals surface area contributed by atoms with E-state index < -0.39 is 23.8 Å². The maximum absolute atomic E-state index is 13.1. The normalized spacial score (nSPS) is 31.5. The van der Waals surface area contributed by atoms with Gasteiger partial charge in [-0.3, -0.25) is 19.2 Å². The second kappa shape index (κ2) is 8.96. The van der Waals surface area contributed by atoms with Crippen molar-refractivity contribution in [1.82, 2.24) is 14.9 Å². The van der Waals surface area contributed by atoms with Crippen LogP contribution in [0.15, 0.2) is 0 Å². The molecule has 170 valence electrons. The van der Waals surface area contributed by atoms with E-state index in [4.69, 9.17) is 4.84 Å². The van der Waals surface area contributed by atoms with Crippen molar-refractivity contribution in [3.63, 3.8) is 0 Å². The van der Waals surface area contributed by atoms with E-state index in [2.05, 4.69) is 6.92 Å². The van der Waals surface area contributed by atoms with Gasteiger partial charge >= 0.3 is 5.97 Å². The molecule has 31 heavy (non-hydrogen) atoms. The molecule has 3 aliphatic heterocycles. The smallest absolute Gasteiger partial charge is 0.340 e. The molecule has 9 heteroatoms. The maximum atomic E-state index is 13.1. The van der Waals surface area contributed by atoms with Crippen LogP contribution in [-0.2, 0) is 28.8 Å². The Hall–Kier alpha value is -2.45. The van der Waals surface area contributed by atoms with Gasteiger partial charge < -0.3 is 14.6 Å². The lowest BCUT2D eigenvalue weighted by molar-refractivity contribution is -0.201. The van der Waals surface area contributed by atoms with Crippen LogP contribution < -0.4 is 0 Å². The van der Waals surface area contributed by atoms with Crippen LogP contribution in [0.25, 0.3) is 0 Å². The van der Waals surface area contributed by atoms with Gasteiger partial charge in [0.2, 0.25) is 11.8 Å². The first-order valence-electron chi connectivity index (χ1n) is 11.6. The molecule has 0 radical (unpaired) electrons. The summed E-state index contributed by atoms with van der Waals surface area (Å²) in [6.45, 7) is 3.39. The lowest BCUT2D eigenvalue weighted by atomic mass is 9.80. The Morgan fingerprint density at radius 1 is 0.774 bits per heavy atom. The zero-order valence-corrected chi connectivity index (χ0v) is 18.1. The van der Waals surface area contributed by atoms with Gasteiger partial charge in [0.15, 0.2) is 0 Å². The summed E-state index contributed by atoms with van der Waals surface area (Å²) >= 11 is 0. The van der Waals surface area contributed by atoms with Crippen LogP contribution in [0.2, 0.25) is 0 Å². The summed E-state index contributed by atoms with van der Waals surface area (Å²) < 4.78 is 0. The molecule has 4 rings (SSSR count). The number of imide groups is 1. The Morgan fingerprint density at radius 3 is 1.84 bits per heavy atom. The Bertz CT molecular complexity index is 759. The van der Waals surface area contributed by atoms with Crippen molar-refractivity contribution in [2.75, 3.05) is 13.1 Å². The summed E-state index contributed by atoms with van der Waals surface area (Å²) in [5, 5.41) is 0.541. The summed E-state index contributed by atoms with van der Waals surface area (Å²) in [6, 6.07) is -0.462. The van der Waals surface area contributed by atoms with Gasteiger partial charge in [0, 0.05) is 43.8 Å². The van der Waals surface area contributed by atoms with Crippen LogP contribution in [0, 0.1) is 11.8 Å². The summed E-state index contributed by atoms with van der Waals surface area (Å²) in [4.78, 5) is 70.6. The third-order valence-electron chi connectivity index (χ3n) is 7.26. The van der Waals surface area contributed by atoms with E-state index in [0.29, 0.717) is 56.2 Å².